The summed E-state index contributed by atoms with van der Waals surface area (Å²) >= 11 is 1.49. The van der Waals surface area contributed by atoms with Gasteiger partial charge in [-0.3, -0.25) is 9.59 Å². The zero-order chi connectivity index (χ0) is 28.6. The molecule has 1 aliphatic heterocycles. The molecule has 3 aromatic rings. The topological polar surface area (TPSA) is 94.1 Å². The van der Waals surface area contributed by atoms with Gasteiger partial charge in [0.1, 0.15) is 22.6 Å². The molecule has 2 aliphatic rings. The van der Waals surface area contributed by atoms with Gasteiger partial charge in [-0.25, -0.2) is 0 Å². The van der Waals surface area contributed by atoms with Crippen molar-refractivity contribution >= 4 is 29.4 Å². The second kappa shape index (κ2) is 13.8. The molecule has 1 fully saturated rings. The lowest BCUT2D eigenvalue weighted by Crippen LogP contribution is -2.30. The Labute approximate surface area is 245 Å². The monoisotopic (exact) mass is 575 g/mol. The number of anilines is 1. The summed E-state index contributed by atoms with van der Waals surface area (Å²) in [7, 11) is 0. The predicted octanol–water partition coefficient (Wildman–Crippen LogP) is 7.89. The van der Waals surface area contributed by atoms with Gasteiger partial charge in [0, 0.05) is 0 Å². The lowest BCUT2D eigenvalue weighted by Gasteiger charge is -2.26. The zero-order valence-electron chi connectivity index (χ0n) is 23.3. The smallest absolute Gasteiger partial charge is 0.314 e. The van der Waals surface area contributed by atoms with Gasteiger partial charge in [-0.15, -0.1) is 0 Å². The summed E-state index contributed by atoms with van der Waals surface area (Å²) in [6.45, 7) is 2.87. The van der Waals surface area contributed by atoms with Gasteiger partial charge < -0.3 is 24.6 Å². The Bertz CT molecular complexity index is 1320. The van der Waals surface area contributed by atoms with Crippen molar-refractivity contribution in [3.8, 4) is 23.0 Å². The third kappa shape index (κ3) is 7.36. The summed E-state index contributed by atoms with van der Waals surface area (Å²) in [6, 6.07) is 20.3. The number of carbonyl (C=O) groups is 2. The maximum Gasteiger partial charge on any atom is 0.314 e. The predicted molar refractivity (Wildman–Crippen MR) is 160 cm³/mol. The van der Waals surface area contributed by atoms with Gasteiger partial charge in [0.15, 0.2) is 5.75 Å². The van der Waals surface area contributed by atoms with Crippen LogP contribution in [-0.4, -0.2) is 23.7 Å². The van der Waals surface area contributed by atoms with Gasteiger partial charge in [0.2, 0.25) is 0 Å². The van der Waals surface area contributed by atoms with E-state index in [1.165, 1.54) is 24.6 Å². The van der Waals surface area contributed by atoms with Crippen LogP contribution < -0.4 is 19.5 Å². The summed E-state index contributed by atoms with van der Waals surface area (Å²) in [4.78, 5) is 26.5. The minimum atomic E-state index is -0.315. The number of esters is 2. The van der Waals surface area contributed by atoms with Gasteiger partial charge in [0.25, 0.3) is 0 Å². The number of ether oxygens (including phenoxy) is 3. The first-order chi connectivity index (χ1) is 20.0. The van der Waals surface area contributed by atoms with Crippen LogP contribution in [0.2, 0.25) is 0 Å². The molecule has 3 aromatic carbocycles. The van der Waals surface area contributed by atoms with Crippen molar-refractivity contribution in [2.75, 3.05) is 11.9 Å². The fourth-order valence-electron chi connectivity index (χ4n) is 5.23. The van der Waals surface area contributed by atoms with E-state index in [2.05, 4.69) is 12.2 Å². The van der Waals surface area contributed by atoms with E-state index in [0.717, 1.165) is 24.2 Å². The summed E-state index contributed by atoms with van der Waals surface area (Å²) in [6.07, 6.45) is 6.84. The molecule has 7 nitrogen and oxygen atoms in total. The first-order valence-electron chi connectivity index (χ1n) is 14.5. The van der Waals surface area contributed by atoms with Crippen LogP contribution in [0.4, 0.5) is 5.69 Å². The highest BCUT2D eigenvalue weighted by atomic mass is 32.2. The first kappa shape index (κ1) is 28.9. The van der Waals surface area contributed by atoms with E-state index in [-0.39, 0.29) is 34.9 Å². The molecule has 1 unspecified atom stereocenters. The normalized spacial score (nSPS) is 19.6. The zero-order valence-corrected chi connectivity index (χ0v) is 24.2. The molecular weight excluding hydrogens is 538 g/mol. The molecule has 0 radical (unpaired) electrons. The third-order valence-electron chi connectivity index (χ3n) is 7.63. The van der Waals surface area contributed by atoms with Gasteiger partial charge in [-0.05, 0) is 74.1 Å². The Morgan fingerprint density at radius 3 is 2.17 bits per heavy atom. The van der Waals surface area contributed by atoms with Crippen molar-refractivity contribution < 1.29 is 28.9 Å². The highest BCUT2D eigenvalue weighted by Gasteiger charge is 2.34. The molecule has 1 atom stereocenters. The van der Waals surface area contributed by atoms with Crippen LogP contribution in [0.15, 0.2) is 71.6 Å². The van der Waals surface area contributed by atoms with Crippen LogP contribution in [0, 0.1) is 11.8 Å². The van der Waals surface area contributed by atoms with E-state index < -0.39 is 0 Å². The molecule has 8 heteroatoms. The molecular formula is C33H37NO6S. The van der Waals surface area contributed by atoms with Gasteiger partial charge in [-0.2, -0.15) is 0 Å². The van der Waals surface area contributed by atoms with E-state index in [1.807, 2.05) is 42.5 Å². The molecule has 0 bridgehead atoms. The van der Waals surface area contributed by atoms with Crippen molar-refractivity contribution in [2.45, 2.75) is 68.6 Å². The molecule has 216 valence electrons. The maximum atomic E-state index is 13.1. The number of phenols is 1. The first-order valence-corrected chi connectivity index (χ1v) is 15.4. The molecule has 0 saturated heterocycles. The summed E-state index contributed by atoms with van der Waals surface area (Å²) in [5.41, 5.74) is 1.69. The average Bonchev–Trinajstić information content (AvgIpc) is 3.47. The molecule has 41 heavy (non-hydrogen) atoms. The van der Waals surface area contributed by atoms with Crippen molar-refractivity contribution in [3.05, 3.63) is 72.3 Å². The minimum Gasteiger partial charge on any atom is -0.507 e. The number of hydrogen-bond donors (Lipinski definition) is 2. The maximum absolute atomic E-state index is 13.1. The highest BCUT2D eigenvalue weighted by molar-refractivity contribution is 8.00. The molecule has 2 N–H and O–H groups in total. The molecule has 0 aromatic heterocycles. The number of thioether (sulfide) groups is 1. The van der Waals surface area contributed by atoms with Crippen molar-refractivity contribution in [3.63, 3.8) is 0 Å². The number of nitrogens with one attached hydrogen (secondary N) is 1. The number of phenolic OH excluding ortho intramolecular Hbond substituents is 1. The number of unbranched alkanes of at least 4 members (excludes halogenated alkanes) is 3. The number of rotatable bonds is 11. The van der Waals surface area contributed by atoms with Gasteiger partial charge in [-0.1, -0.05) is 68.3 Å². The fraction of sp³-hybridized carbons (Fsp3) is 0.394. The summed E-state index contributed by atoms with van der Waals surface area (Å²) in [5.74, 6) is 0.689. The lowest BCUT2D eigenvalue weighted by atomic mass is 9.82. The van der Waals surface area contributed by atoms with Crippen LogP contribution in [0.25, 0.3) is 0 Å². The van der Waals surface area contributed by atoms with E-state index in [0.29, 0.717) is 54.4 Å². The lowest BCUT2D eigenvalue weighted by molar-refractivity contribution is -0.145. The van der Waals surface area contributed by atoms with E-state index in [9.17, 15) is 14.7 Å². The van der Waals surface area contributed by atoms with Crippen LogP contribution in [-0.2, 0) is 9.59 Å². The summed E-state index contributed by atoms with van der Waals surface area (Å²) < 4.78 is 17.2. The second-order valence-electron chi connectivity index (χ2n) is 10.6. The van der Waals surface area contributed by atoms with Crippen LogP contribution in [0.5, 0.6) is 23.0 Å². The van der Waals surface area contributed by atoms with E-state index in [4.69, 9.17) is 14.2 Å². The van der Waals surface area contributed by atoms with E-state index >= 15 is 0 Å². The number of fused-ring (bicyclic) bond motifs is 1. The molecule has 1 aliphatic carbocycles. The average molecular weight is 576 g/mol. The minimum absolute atomic E-state index is 0.0855. The van der Waals surface area contributed by atoms with Crippen LogP contribution >= 0.6 is 11.8 Å². The number of hydrogen-bond acceptors (Lipinski definition) is 8. The molecule has 1 saturated carbocycles. The fourth-order valence-corrected chi connectivity index (χ4v) is 6.40. The Hall–Kier alpha value is -3.65. The highest BCUT2D eigenvalue weighted by Crippen LogP contribution is 2.54. The molecule has 1 heterocycles. The van der Waals surface area contributed by atoms with Crippen molar-refractivity contribution in [1.29, 1.82) is 0 Å². The number of carbonyl (C=O) groups excluding carboxylic acids is 2. The molecule has 5 rings (SSSR count). The Balaban J connectivity index is 1.10. The third-order valence-corrected chi connectivity index (χ3v) is 8.90. The van der Waals surface area contributed by atoms with Crippen molar-refractivity contribution in [1.82, 2.24) is 0 Å². The SMILES string of the molecule is CCCCCCOc1ccc(OC(=O)C2CCC(C(=O)Oc3ccc(O)c4c3NC(c3ccccc3)S4)CC2)cc1. The van der Waals surface area contributed by atoms with Crippen LogP contribution in [0.3, 0.4) is 0 Å². The standard InChI is InChI=1S/C33H37NO6S/c1-2-3-4-8-21-38-25-15-17-26(18-16-25)39-32(36)23-11-13-24(14-12-23)33(37)40-28-20-19-27(35)30-29(28)34-31(41-30)22-9-6-5-7-10-22/h5-7,9-10,15-20,23-24,31,34-35H,2-4,8,11-14,21H2,1H3. The molecule has 0 spiro atoms. The largest absolute Gasteiger partial charge is 0.507 e. The Morgan fingerprint density at radius 2 is 1.49 bits per heavy atom. The van der Waals surface area contributed by atoms with Gasteiger partial charge in [0.05, 0.1) is 29.0 Å². The quantitative estimate of drug-likeness (QED) is 0.135. The molecule has 0 amide bonds. The van der Waals surface area contributed by atoms with Gasteiger partial charge >= 0.3 is 11.9 Å². The second-order valence-corrected chi connectivity index (χ2v) is 11.7. The number of aromatic hydroxyl groups is 1. The van der Waals surface area contributed by atoms with E-state index in [1.54, 1.807) is 24.3 Å². The van der Waals surface area contributed by atoms with Crippen LogP contribution in [0.1, 0.15) is 69.2 Å². The van der Waals surface area contributed by atoms with Crippen molar-refractivity contribution in [2.24, 2.45) is 11.8 Å². The number of benzene rings is 3. The Morgan fingerprint density at radius 1 is 0.829 bits per heavy atom. The Kier molecular flexibility index (Phi) is 9.72. The summed E-state index contributed by atoms with van der Waals surface area (Å²) in [5, 5.41) is 13.7.